The number of carbonyl (C=O) groups is 1. The maximum Gasteiger partial charge on any atom is 0.222 e. The molecule has 6 nitrogen and oxygen atoms in total. The molecule has 6 heteroatoms. The second kappa shape index (κ2) is 7.57. The van der Waals surface area contributed by atoms with E-state index in [2.05, 4.69) is 27.3 Å². The van der Waals surface area contributed by atoms with E-state index in [-0.39, 0.29) is 17.7 Å². The van der Waals surface area contributed by atoms with Crippen molar-refractivity contribution in [3.8, 4) is 0 Å². The molecule has 24 heavy (non-hydrogen) atoms. The number of ether oxygens (including phenoxy) is 1. The molecule has 2 atom stereocenters. The van der Waals surface area contributed by atoms with Crippen molar-refractivity contribution < 1.29 is 9.53 Å². The van der Waals surface area contributed by atoms with Crippen LogP contribution in [0, 0.1) is 12.8 Å². The third kappa shape index (κ3) is 3.82. The van der Waals surface area contributed by atoms with Gasteiger partial charge in [0.25, 0.3) is 0 Å². The summed E-state index contributed by atoms with van der Waals surface area (Å²) in [6, 6.07) is 10.1. The third-order valence-electron chi connectivity index (χ3n) is 4.59. The molecule has 1 aromatic carbocycles. The standard InChI is InChI=1S/C18H24N4O2/c1-13-19-18(21-20-13)16-11-22(10-15(16)12-24-2)17(23)9-8-14-6-4-3-5-7-14/h3-7,15-16H,8-12H2,1-2H3,(H,19,20,21). The molecule has 0 bridgehead atoms. The molecular formula is C18H24N4O2. The van der Waals surface area contributed by atoms with E-state index < -0.39 is 0 Å². The number of nitrogens with zero attached hydrogens (tertiary/aromatic N) is 3. The van der Waals surface area contributed by atoms with Gasteiger partial charge in [0.05, 0.1) is 6.61 Å². The van der Waals surface area contributed by atoms with Gasteiger partial charge in [-0.1, -0.05) is 30.3 Å². The van der Waals surface area contributed by atoms with E-state index in [1.165, 1.54) is 5.56 Å². The number of H-pyrrole nitrogens is 1. The van der Waals surface area contributed by atoms with Gasteiger partial charge in [-0.15, -0.1) is 0 Å². The Labute approximate surface area is 142 Å². The highest BCUT2D eigenvalue weighted by atomic mass is 16.5. The van der Waals surface area contributed by atoms with Crippen LogP contribution in [0.2, 0.25) is 0 Å². The maximum atomic E-state index is 12.6. The lowest BCUT2D eigenvalue weighted by molar-refractivity contribution is -0.130. The summed E-state index contributed by atoms with van der Waals surface area (Å²) < 4.78 is 5.34. The van der Waals surface area contributed by atoms with Crippen LogP contribution in [0.4, 0.5) is 0 Å². The minimum absolute atomic E-state index is 0.135. The molecule has 1 N–H and O–H groups in total. The monoisotopic (exact) mass is 328 g/mol. The molecule has 1 aliphatic heterocycles. The van der Waals surface area contributed by atoms with E-state index in [0.717, 1.165) is 18.1 Å². The van der Waals surface area contributed by atoms with Crippen molar-refractivity contribution in [3.05, 3.63) is 47.5 Å². The van der Waals surface area contributed by atoms with Gasteiger partial charge in [0.2, 0.25) is 5.91 Å². The van der Waals surface area contributed by atoms with E-state index in [1.807, 2.05) is 30.0 Å². The molecule has 1 aromatic heterocycles. The maximum absolute atomic E-state index is 12.6. The molecule has 0 spiro atoms. The number of benzene rings is 1. The van der Waals surface area contributed by atoms with Gasteiger partial charge in [-0.25, -0.2) is 4.98 Å². The molecule has 0 saturated carbocycles. The molecule has 128 valence electrons. The van der Waals surface area contributed by atoms with Crippen LogP contribution in [-0.4, -0.2) is 52.8 Å². The summed E-state index contributed by atoms with van der Waals surface area (Å²) in [5.74, 6) is 2.15. The molecule has 0 aliphatic carbocycles. The molecule has 1 saturated heterocycles. The fraction of sp³-hybridized carbons (Fsp3) is 0.500. The Morgan fingerprint density at radius 2 is 2.12 bits per heavy atom. The summed E-state index contributed by atoms with van der Waals surface area (Å²) in [6.07, 6.45) is 1.30. The highest BCUT2D eigenvalue weighted by Crippen LogP contribution is 2.31. The second-order valence-corrected chi connectivity index (χ2v) is 6.39. The molecule has 2 unspecified atom stereocenters. The van der Waals surface area contributed by atoms with Crippen LogP contribution in [0.1, 0.15) is 29.6 Å². The van der Waals surface area contributed by atoms with Gasteiger partial charge in [0, 0.05) is 38.5 Å². The van der Waals surface area contributed by atoms with Crippen molar-refractivity contribution in [2.75, 3.05) is 26.8 Å². The lowest BCUT2D eigenvalue weighted by Gasteiger charge is -2.16. The molecule has 0 radical (unpaired) electrons. The number of hydrogen-bond donors (Lipinski definition) is 1. The summed E-state index contributed by atoms with van der Waals surface area (Å²) in [4.78, 5) is 19.0. The molecule has 2 aromatic rings. The van der Waals surface area contributed by atoms with Gasteiger partial charge < -0.3 is 9.64 Å². The van der Waals surface area contributed by atoms with Crippen molar-refractivity contribution in [1.29, 1.82) is 0 Å². The summed E-state index contributed by atoms with van der Waals surface area (Å²) in [6.45, 7) is 3.87. The van der Waals surface area contributed by atoms with E-state index in [0.29, 0.717) is 26.1 Å². The van der Waals surface area contributed by atoms with Crippen LogP contribution in [-0.2, 0) is 16.0 Å². The number of aryl methyl sites for hydroxylation is 2. The molecule has 1 fully saturated rings. The van der Waals surface area contributed by atoms with Gasteiger partial charge >= 0.3 is 0 Å². The fourth-order valence-electron chi connectivity index (χ4n) is 3.33. The van der Waals surface area contributed by atoms with Gasteiger partial charge in [-0.05, 0) is 18.9 Å². The number of likely N-dealkylation sites (tertiary alicyclic amines) is 1. The number of aromatic nitrogens is 3. The number of methoxy groups -OCH3 is 1. The van der Waals surface area contributed by atoms with Crippen LogP contribution in [0.25, 0.3) is 0 Å². The van der Waals surface area contributed by atoms with Crippen LogP contribution < -0.4 is 0 Å². The Balaban J connectivity index is 1.62. The average Bonchev–Trinajstić information content (AvgIpc) is 3.20. The van der Waals surface area contributed by atoms with E-state index in [4.69, 9.17) is 4.74 Å². The molecule has 2 heterocycles. The summed E-state index contributed by atoms with van der Waals surface area (Å²) in [5.41, 5.74) is 1.19. The van der Waals surface area contributed by atoms with E-state index >= 15 is 0 Å². The van der Waals surface area contributed by atoms with Gasteiger partial charge in [0.15, 0.2) is 5.82 Å². The highest BCUT2D eigenvalue weighted by Gasteiger charge is 2.38. The number of carbonyl (C=O) groups excluding carboxylic acids is 1. The minimum Gasteiger partial charge on any atom is -0.384 e. The van der Waals surface area contributed by atoms with E-state index in [9.17, 15) is 4.79 Å². The zero-order valence-corrected chi connectivity index (χ0v) is 14.2. The number of aromatic amines is 1. The lowest BCUT2D eigenvalue weighted by atomic mass is 9.96. The Hall–Kier alpha value is -2.21. The van der Waals surface area contributed by atoms with Crippen molar-refractivity contribution in [2.24, 2.45) is 5.92 Å². The zero-order valence-electron chi connectivity index (χ0n) is 14.2. The normalized spacial score (nSPS) is 20.5. The molecule has 3 rings (SSSR count). The Bertz CT molecular complexity index is 671. The fourth-order valence-corrected chi connectivity index (χ4v) is 3.33. The molecule has 1 aliphatic rings. The first-order chi connectivity index (χ1) is 11.7. The third-order valence-corrected chi connectivity index (χ3v) is 4.59. The zero-order chi connectivity index (χ0) is 16.9. The lowest BCUT2D eigenvalue weighted by Crippen LogP contribution is -2.29. The Morgan fingerprint density at radius 1 is 1.33 bits per heavy atom. The average molecular weight is 328 g/mol. The largest absolute Gasteiger partial charge is 0.384 e. The van der Waals surface area contributed by atoms with Gasteiger partial charge in [0.1, 0.15) is 5.82 Å². The van der Waals surface area contributed by atoms with Crippen molar-refractivity contribution >= 4 is 5.91 Å². The number of amides is 1. The number of rotatable bonds is 6. The second-order valence-electron chi connectivity index (χ2n) is 6.39. The number of nitrogens with one attached hydrogen (secondary N) is 1. The van der Waals surface area contributed by atoms with Crippen molar-refractivity contribution in [2.45, 2.75) is 25.7 Å². The Kier molecular flexibility index (Phi) is 5.25. The highest BCUT2D eigenvalue weighted by molar-refractivity contribution is 5.77. The summed E-state index contributed by atoms with van der Waals surface area (Å²) >= 11 is 0. The van der Waals surface area contributed by atoms with Crippen LogP contribution >= 0.6 is 0 Å². The first kappa shape index (κ1) is 16.6. The molecule has 1 amide bonds. The summed E-state index contributed by atoms with van der Waals surface area (Å²) in [7, 11) is 1.69. The topological polar surface area (TPSA) is 71.1 Å². The Morgan fingerprint density at radius 3 is 2.79 bits per heavy atom. The quantitative estimate of drug-likeness (QED) is 0.879. The summed E-state index contributed by atoms with van der Waals surface area (Å²) in [5, 5.41) is 7.18. The van der Waals surface area contributed by atoms with Crippen molar-refractivity contribution in [3.63, 3.8) is 0 Å². The predicted octanol–water partition coefficient (Wildman–Crippen LogP) is 1.93. The van der Waals surface area contributed by atoms with Crippen LogP contribution in [0.5, 0.6) is 0 Å². The SMILES string of the molecule is COCC1CN(C(=O)CCc2ccccc2)CC1c1n[nH]c(C)n1. The van der Waals surface area contributed by atoms with Crippen molar-refractivity contribution in [1.82, 2.24) is 20.1 Å². The van der Waals surface area contributed by atoms with Crippen LogP contribution in [0.3, 0.4) is 0 Å². The molecular weight excluding hydrogens is 304 g/mol. The van der Waals surface area contributed by atoms with Gasteiger partial charge in [-0.3, -0.25) is 9.89 Å². The van der Waals surface area contributed by atoms with Gasteiger partial charge in [-0.2, -0.15) is 5.10 Å². The minimum atomic E-state index is 0.135. The van der Waals surface area contributed by atoms with E-state index in [1.54, 1.807) is 7.11 Å². The first-order valence-corrected chi connectivity index (χ1v) is 8.37. The smallest absolute Gasteiger partial charge is 0.222 e. The van der Waals surface area contributed by atoms with Crippen LogP contribution in [0.15, 0.2) is 30.3 Å². The number of hydrogen-bond acceptors (Lipinski definition) is 4. The predicted molar refractivity (Wildman–Crippen MR) is 90.6 cm³/mol. The first-order valence-electron chi connectivity index (χ1n) is 8.37.